The molecule has 150 valence electrons. The number of aliphatic imine (C=N–C) groups is 1. The number of carbonyl (C=O) groups excluding carboxylic acids is 1. The van der Waals surface area contributed by atoms with Gasteiger partial charge in [0, 0.05) is 25.2 Å². The van der Waals surface area contributed by atoms with Crippen LogP contribution in [0.2, 0.25) is 0 Å². The molecule has 2 rings (SSSR count). The van der Waals surface area contributed by atoms with Crippen molar-refractivity contribution in [1.29, 1.82) is 0 Å². The standard InChI is InChI=1S/C22H30N4O2/c1-4-13-24-21(27)19-8-6-7-18(14-19)16-26-22(23-5-2)25-15-17-9-11-20(28-3)12-10-17/h6-12,14H,4-5,13,15-16H2,1-3H3,(H,24,27)(H2,23,25,26). The highest BCUT2D eigenvalue weighted by Crippen LogP contribution is 2.11. The molecule has 0 saturated carbocycles. The zero-order chi connectivity index (χ0) is 20.2. The third kappa shape index (κ3) is 6.95. The van der Waals surface area contributed by atoms with E-state index < -0.39 is 0 Å². The fraction of sp³-hybridized carbons (Fsp3) is 0.364. The molecule has 0 aliphatic heterocycles. The van der Waals surface area contributed by atoms with Gasteiger partial charge in [-0.3, -0.25) is 4.79 Å². The average molecular weight is 383 g/mol. The van der Waals surface area contributed by atoms with Crippen molar-refractivity contribution in [3.05, 3.63) is 65.2 Å². The molecule has 0 saturated heterocycles. The van der Waals surface area contributed by atoms with Gasteiger partial charge in [-0.15, -0.1) is 0 Å². The molecule has 0 heterocycles. The summed E-state index contributed by atoms with van der Waals surface area (Å²) in [5.41, 5.74) is 2.80. The maximum atomic E-state index is 12.1. The van der Waals surface area contributed by atoms with E-state index in [0.717, 1.165) is 35.8 Å². The van der Waals surface area contributed by atoms with Crippen LogP contribution >= 0.6 is 0 Å². The van der Waals surface area contributed by atoms with E-state index in [9.17, 15) is 4.79 Å². The zero-order valence-corrected chi connectivity index (χ0v) is 16.9. The first-order chi connectivity index (χ1) is 13.7. The predicted molar refractivity (Wildman–Crippen MR) is 114 cm³/mol. The second kappa shape index (κ2) is 11.6. The SMILES string of the molecule is CCCNC(=O)c1cccc(CN=C(NCC)NCc2ccc(OC)cc2)c1. The van der Waals surface area contributed by atoms with E-state index in [1.807, 2.05) is 62.4 Å². The van der Waals surface area contributed by atoms with Crippen molar-refractivity contribution in [3.8, 4) is 5.75 Å². The Kier molecular flexibility index (Phi) is 8.85. The summed E-state index contributed by atoms with van der Waals surface area (Å²) >= 11 is 0. The smallest absolute Gasteiger partial charge is 0.251 e. The Hall–Kier alpha value is -3.02. The molecule has 0 radical (unpaired) electrons. The number of amides is 1. The van der Waals surface area contributed by atoms with Crippen molar-refractivity contribution in [1.82, 2.24) is 16.0 Å². The maximum absolute atomic E-state index is 12.1. The lowest BCUT2D eigenvalue weighted by Crippen LogP contribution is -2.36. The molecule has 6 nitrogen and oxygen atoms in total. The van der Waals surface area contributed by atoms with Crippen molar-refractivity contribution in [2.45, 2.75) is 33.4 Å². The van der Waals surface area contributed by atoms with Crippen LogP contribution in [0.25, 0.3) is 0 Å². The molecule has 0 aromatic heterocycles. The van der Waals surface area contributed by atoms with E-state index in [2.05, 4.69) is 20.9 Å². The number of hydrogen-bond donors (Lipinski definition) is 3. The Bertz CT molecular complexity index is 772. The molecular weight excluding hydrogens is 352 g/mol. The predicted octanol–water partition coefficient (Wildman–Crippen LogP) is 3.09. The van der Waals surface area contributed by atoms with Crippen LogP contribution in [0.1, 0.15) is 41.8 Å². The summed E-state index contributed by atoms with van der Waals surface area (Å²) in [4.78, 5) is 16.8. The van der Waals surface area contributed by atoms with Crippen LogP contribution in [0.5, 0.6) is 5.75 Å². The molecule has 0 bridgehead atoms. The van der Waals surface area contributed by atoms with Gasteiger partial charge in [-0.2, -0.15) is 0 Å². The first-order valence-corrected chi connectivity index (χ1v) is 9.68. The first kappa shape index (κ1) is 21.3. The van der Waals surface area contributed by atoms with Gasteiger partial charge in [-0.05, 0) is 48.7 Å². The summed E-state index contributed by atoms with van der Waals surface area (Å²) in [5, 5.41) is 9.47. The average Bonchev–Trinajstić information content (AvgIpc) is 2.74. The minimum Gasteiger partial charge on any atom is -0.497 e. The quantitative estimate of drug-likeness (QED) is 0.460. The van der Waals surface area contributed by atoms with E-state index in [4.69, 9.17) is 4.74 Å². The van der Waals surface area contributed by atoms with Gasteiger partial charge in [-0.25, -0.2) is 4.99 Å². The minimum absolute atomic E-state index is 0.0442. The molecule has 0 aliphatic rings. The number of methoxy groups -OCH3 is 1. The van der Waals surface area contributed by atoms with Gasteiger partial charge in [0.05, 0.1) is 13.7 Å². The molecular formula is C22H30N4O2. The van der Waals surface area contributed by atoms with E-state index in [-0.39, 0.29) is 5.91 Å². The summed E-state index contributed by atoms with van der Waals surface area (Å²) in [6.45, 7) is 6.67. The lowest BCUT2D eigenvalue weighted by molar-refractivity contribution is 0.0953. The van der Waals surface area contributed by atoms with Crippen molar-refractivity contribution < 1.29 is 9.53 Å². The van der Waals surface area contributed by atoms with Crippen molar-refractivity contribution in [2.75, 3.05) is 20.2 Å². The molecule has 0 aliphatic carbocycles. The van der Waals surface area contributed by atoms with Crippen molar-refractivity contribution in [2.24, 2.45) is 4.99 Å². The third-order valence-corrected chi connectivity index (χ3v) is 4.11. The third-order valence-electron chi connectivity index (χ3n) is 4.11. The Morgan fingerprint density at radius 3 is 2.46 bits per heavy atom. The van der Waals surface area contributed by atoms with Crippen molar-refractivity contribution in [3.63, 3.8) is 0 Å². The van der Waals surface area contributed by atoms with Gasteiger partial charge in [-0.1, -0.05) is 31.2 Å². The van der Waals surface area contributed by atoms with Crippen LogP contribution < -0.4 is 20.7 Å². The van der Waals surface area contributed by atoms with Gasteiger partial charge in [0.15, 0.2) is 5.96 Å². The summed E-state index contributed by atoms with van der Waals surface area (Å²) in [6.07, 6.45) is 0.918. The number of rotatable bonds is 9. The lowest BCUT2D eigenvalue weighted by Gasteiger charge is -2.12. The highest BCUT2D eigenvalue weighted by atomic mass is 16.5. The summed E-state index contributed by atoms with van der Waals surface area (Å²) in [7, 11) is 1.66. The number of ether oxygens (including phenoxy) is 1. The Balaban J connectivity index is 1.98. The van der Waals surface area contributed by atoms with Crippen LogP contribution in [0, 0.1) is 0 Å². The van der Waals surface area contributed by atoms with Crippen molar-refractivity contribution >= 4 is 11.9 Å². The molecule has 0 unspecified atom stereocenters. The van der Waals surface area contributed by atoms with Gasteiger partial charge in [0.1, 0.15) is 5.75 Å². The Labute approximate surface area is 167 Å². The van der Waals surface area contributed by atoms with E-state index >= 15 is 0 Å². The van der Waals surface area contributed by atoms with Crippen LogP contribution in [-0.2, 0) is 13.1 Å². The van der Waals surface area contributed by atoms with E-state index in [0.29, 0.717) is 25.2 Å². The normalized spacial score (nSPS) is 11.0. The maximum Gasteiger partial charge on any atom is 0.251 e. The number of guanidine groups is 1. The fourth-order valence-electron chi connectivity index (χ4n) is 2.59. The molecule has 1 amide bonds. The largest absolute Gasteiger partial charge is 0.497 e. The number of nitrogens with zero attached hydrogens (tertiary/aromatic N) is 1. The number of hydrogen-bond acceptors (Lipinski definition) is 3. The molecule has 3 N–H and O–H groups in total. The Morgan fingerprint density at radius 2 is 1.79 bits per heavy atom. The molecule has 0 fully saturated rings. The highest BCUT2D eigenvalue weighted by molar-refractivity contribution is 5.94. The molecule has 2 aromatic rings. The number of carbonyl (C=O) groups is 1. The summed E-state index contributed by atoms with van der Waals surface area (Å²) in [6, 6.07) is 15.5. The van der Waals surface area contributed by atoms with Crippen LogP contribution in [-0.4, -0.2) is 32.1 Å². The summed E-state index contributed by atoms with van der Waals surface area (Å²) in [5.74, 6) is 1.53. The molecule has 0 atom stereocenters. The monoisotopic (exact) mass is 382 g/mol. The molecule has 2 aromatic carbocycles. The Morgan fingerprint density at radius 1 is 1.00 bits per heavy atom. The topological polar surface area (TPSA) is 74.8 Å². The van der Waals surface area contributed by atoms with Gasteiger partial charge in [0.25, 0.3) is 5.91 Å². The summed E-state index contributed by atoms with van der Waals surface area (Å²) < 4.78 is 5.18. The molecule has 28 heavy (non-hydrogen) atoms. The lowest BCUT2D eigenvalue weighted by atomic mass is 10.1. The number of benzene rings is 2. The van der Waals surface area contributed by atoms with Gasteiger partial charge in [0.2, 0.25) is 0 Å². The zero-order valence-electron chi connectivity index (χ0n) is 16.9. The van der Waals surface area contributed by atoms with Crippen LogP contribution in [0.4, 0.5) is 0 Å². The molecule has 6 heteroatoms. The highest BCUT2D eigenvalue weighted by Gasteiger charge is 2.05. The van der Waals surface area contributed by atoms with E-state index in [1.54, 1.807) is 7.11 Å². The number of nitrogens with one attached hydrogen (secondary N) is 3. The van der Waals surface area contributed by atoms with Crippen LogP contribution in [0.15, 0.2) is 53.5 Å². The van der Waals surface area contributed by atoms with Gasteiger partial charge >= 0.3 is 0 Å². The second-order valence-corrected chi connectivity index (χ2v) is 6.35. The first-order valence-electron chi connectivity index (χ1n) is 9.68. The van der Waals surface area contributed by atoms with E-state index in [1.165, 1.54) is 0 Å². The minimum atomic E-state index is -0.0442. The molecule has 0 spiro atoms. The van der Waals surface area contributed by atoms with Gasteiger partial charge < -0.3 is 20.7 Å². The second-order valence-electron chi connectivity index (χ2n) is 6.35. The van der Waals surface area contributed by atoms with Crippen LogP contribution in [0.3, 0.4) is 0 Å². The fourth-order valence-corrected chi connectivity index (χ4v) is 2.59.